The lowest BCUT2D eigenvalue weighted by atomic mass is 10.1. The Balaban J connectivity index is 0.000000263. The molecule has 26 heavy (non-hydrogen) atoms. The van der Waals surface area contributed by atoms with Crippen molar-refractivity contribution in [2.24, 2.45) is 4.99 Å². The highest BCUT2D eigenvalue weighted by molar-refractivity contribution is 14.1. The fraction of sp³-hybridized carbons (Fsp3) is 0.176. The van der Waals surface area contributed by atoms with Crippen molar-refractivity contribution in [1.29, 1.82) is 0 Å². The molecule has 2 aromatic rings. The summed E-state index contributed by atoms with van der Waals surface area (Å²) < 4.78 is 73.9. The van der Waals surface area contributed by atoms with E-state index in [4.69, 9.17) is 0 Å². The Kier molecular flexibility index (Phi) is 8.25. The average Bonchev–Trinajstić information content (AvgIpc) is 2.59. The number of rotatable bonds is 3. The number of nitrogens with zero attached hydrogens (tertiary/aromatic N) is 1. The van der Waals surface area contributed by atoms with E-state index in [1.165, 1.54) is 24.3 Å². The summed E-state index contributed by atoms with van der Waals surface area (Å²) in [6, 6.07) is 12.5. The van der Waals surface area contributed by atoms with E-state index in [-0.39, 0.29) is 11.1 Å². The van der Waals surface area contributed by atoms with Crippen molar-refractivity contribution in [3.05, 3.63) is 71.8 Å². The molecule has 2 rings (SSSR count). The summed E-state index contributed by atoms with van der Waals surface area (Å²) in [4.78, 5) is 13.9. The monoisotopic (exact) mass is 487 g/mol. The molecule has 0 aliphatic heterocycles. The summed E-state index contributed by atoms with van der Waals surface area (Å²) in [5, 5.41) is 0. The number of hydrogen-bond acceptors (Lipinski definition) is 2. The quantitative estimate of drug-likeness (QED) is 0.220. The van der Waals surface area contributed by atoms with E-state index in [1.807, 2.05) is 0 Å². The van der Waals surface area contributed by atoms with Gasteiger partial charge in [-0.25, -0.2) is 0 Å². The molecule has 140 valence electrons. The number of alkyl halides is 6. The Morgan fingerprint density at radius 3 is 1.73 bits per heavy atom. The molecule has 0 amide bonds. The number of benzene rings is 2. The fourth-order valence-electron chi connectivity index (χ4n) is 1.80. The second-order valence-corrected chi connectivity index (χ2v) is 5.35. The van der Waals surface area contributed by atoms with Gasteiger partial charge in [-0.05, 0) is 28.2 Å². The summed E-state index contributed by atoms with van der Waals surface area (Å²) in [6.45, 7) is 0. The highest BCUT2D eigenvalue weighted by atomic mass is 127. The van der Waals surface area contributed by atoms with Crippen LogP contribution in [0.3, 0.4) is 0 Å². The molecular weight excluding hydrogens is 475 g/mol. The van der Waals surface area contributed by atoms with E-state index in [9.17, 15) is 31.1 Å². The van der Waals surface area contributed by atoms with Crippen molar-refractivity contribution in [3.8, 4) is 0 Å². The van der Waals surface area contributed by atoms with Crippen LogP contribution in [0.15, 0.2) is 65.7 Å². The maximum atomic E-state index is 12.5. The molecule has 0 fully saturated rings. The van der Waals surface area contributed by atoms with Crippen molar-refractivity contribution in [3.63, 3.8) is 0 Å². The normalized spacial score (nSPS) is 13.0. The Morgan fingerprint density at radius 2 is 1.35 bits per heavy atom. The van der Waals surface area contributed by atoms with Crippen molar-refractivity contribution >= 4 is 32.6 Å². The molecule has 0 radical (unpaired) electrons. The minimum absolute atomic E-state index is 0.160. The molecule has 2 nitrogen and oxygen atoms in total. The molecule has 0 saturated heterocycles. The van der Waals surface area contributed by atoms with Gasteiger partial charge in [0.15, 0.2) is 6.04 Å². The molecule has 2 aromatic carbocycles. The van der Waals surface area contributed by atoms with E-state index in [1.54, 1.807) is 46.9 Å². The fourth-order valence-corrected chi connectivity index (χ4v) is 2.13. The Hall–Kier alpha value is -1.91. The molecule has 0 aliphatic rings. The molecule has 0 unspecified atom stereocenters. The highest BCUT2D eigenvalue weighted by Crippen LogP contribution is 2.35. The van der Waals surface area contributed by atoms with Crippen LogP contribution in [0.25, 0.3) is 0 Å². The smallest absolute Gasteiger partial charge is 0.284 e. The first-order chi connectivity index (χ1) is 12.1. The van der Waals surface area contributed by atoms with Crippen molar-refractivity contribution in [2.75, 3.05) is 0 Å². The zero-order valence-corrected chi connectivity index (χ0v) is 15.1. The molecule has 9 heteroatoms. The Morgan fingerprint density at radius 1 is 0.885 bits per heavy atom. The molecule has 0 bridgehead atoms. The van der Waals surface area contributed by atoms with E-state index in [0.29, 0.717) is 0 Å². The first-order valence-electron chi connectivity index (χ1n) is 6.97. The van der Waals surface area contributed by atoms with Gasteiger partial charge in [-0.15, -0.1) is 0 Å². The van der Waals surface area contributed by atoms with Gasteiger partial charge in [0, 0.05) is 5.56 Å². The molecule has 0 aromatic heterocycles. The largest absolute Gasteiger partial charge is 0.454 e. The molecular formula is C17H12F6INO. The SMILES string of the molecule is FC(F)(F)[C@@H](N=CI)c1ccccc1.O=C(c1ccccc1)C(F)(F)F. The van der Waals surface area contributed by atoms with Crippen LogP contribution in [0.4, 0.5) is 26.3 Å². The lowest BCUT2D eigenvalue weighted by Gasteiger charge is -2.15. The Labute approximate surface area is 159 Å². The number of hydrogen-bond donors (Lipinski definition) is 0. The number of halogens is 7. The maximum Gasteiger partial charge on any atom is 0.454 e. The molecule has 0 spiro atoms. The molecule has 1 atom stereocenters. The van der Waals surface area contributed by atoms with Crippen LogP contribution in [-0.4, -0.2) is 22.4 Å². The van der Waals surface area contributed by atoms with Gasteiger partial charge < -0.3 is 0 Å². The zero-order chi connectivity index (χ0) is 19.8. The topological polar surface area (TPSA) is 29.4 Å². The molecule has 0 aliphatic carbocycles. The van der Waals surface area contributed by atoms with Crippen molar-refractivity contribution < 1.29 is 31.1 Å². The number of Topliss-reactive ketones (excluding diaryl/α,β-unsaturated/α-hetero) is 1. The van der Waals surface area contributed by atoms with Crippen molar-refractivity contribution in [1.82, 2.24) is 0 Å². The Bertz CT molecular complexity index is 714. The van der Waals surface area contributed by atoms with Gasteiger partial charge in [0.2, 0.25) is 0 Å². The van der Waals surface area contributed by atoms with Crippen molar-refractivity contribution in [2.45, 2.75) is 18.4 Å². The minimum Gasteiger partial charge on any atom is -0.284 e. The lowest BCUT2D eigenvalue weighted by molar-refractivity contribution is -0.148. The van der Waals surface area contributed by atoms with Crippen LogP contribution < -0.4 is 0 Å². The van der Waals surface area contributed by atoms with Gasteiger partial charge in [-0.2, -0.15) is 26.3 Å². The molecule has 0 heterocycles. The van der Waals surface area contributed by atoms with E-state index in [2.05, 4.69) is 4.99 Å². The third-order valence-electron chi connectivity index (χ3n) is 2.92. The predicted octanol–water partition coefficient (Wildman–Crippen LogP) is 6.18. The number of aliphatic imine (C=N–C) groups is 1. The third-order valence-corrected chi connectivity index (χ3v) is 3.25. The lowest BCUT2D eigenvalue weighted by Crippen LogP contribution is -2.22. The summed E-state index contributed by atoms with van der Waals surface area (Å²) in [7, 11) is 0. The van der Waals surface area contributed by atoms with Gasteiger partial charge >= 0.3 is 12.4 Å². The van der Waals surface area contributed by atoms with Crippen LogP contribution in [0.5, 0.6) is 0 Å². The number of ketones is 1. The van der Waals surface area contributed by atoms with E-state index in [0.717, 1.165) is 16.4 Å². The second-order valence-electron chi connectivity index (χ2n) is 4.79. The van der Waals surface area contributed by atoms with Gasteiger partial charge in [0.05, 0.1) is 4.22 Å². The number of carbonyl (C=O) groups is 1. The van der Waals surface area contributed by atoms with E-state index >= 15 is 0 Å². The highest BCUT2D eigenvalue weighted by Gasteiger charge is 2.40. The minimum atomic E-state index is -4.78. The number of carbonyl (C=O) groups excluding carboxylic acids is 1. The van der Waals surface area contributed by atoms with E-state index < -0.39 is 24.2 Å². The van der Waals surface area contributed by atoms with Crippen LogP contribution in [-0.2, 0) is 0 Å². The summed E-state index contributed by atoms with van der Waals surface area (Å²) in [5.41, 5.74) is -0.169. The summed E-state index contributed by atoms with van der Waals surface area (Å²) >= 11 is 1.68. The molecule has 0 N–H and O–H groups in total. The maximum absolute atomic E-state index is 12.5. The van der Waals surface area contributed by atoms with Gasteiger partial charge in [-0.1, -0.05) is 60.7 Å². The van der Waals surface area contributed by atoms with Crippen LogP contribution in [0, 0.1) is 0 Å². The van der Waals surface area contributed by atoms with Gasteiger partial charge in [0.1, 0.15) is 0 Å². The molecule has 0 saturated carbocycles. The third kappa shape index (κ3) is 7.14. The first-order valence-corrected chi connectivity index (χ1v) is 8.22. The van der Waals surface area contributed by atoms with Gasteiger partial charge in [-0.3, -0.25) is 9.79 Å². The van der Waals surface area contributed by atoms with Crippen LogP contribution in [0.2, 0.25) is 0 Å². The summed E-state index contributed by atoms with van der Waals surface area (Å²) in [5.74, 6) is -1.80. The summed E-state index contributed by atoms with van der Waals surface area (Å²) in [6.07, 6.45) is -9.11. The first kappa shape index (κ1) is 22.1. The average molecular weight is 487 g/mol. The van der Waals surface area contributed by atoms with Gasteiger partial charge in [0.25, 0.3) is 5.78 Å². The predicted molar refractivity (Wildman–Crippen MR) is 94.6 cm³/mol. The standard InChI is InChI=1S/C9H7F3IN.C8H5F3O/c10-9(11,12)8(14-6-13)7-4-2-1-3-5-7;9-8(10,11)7(12)6-4-2-1-3-5-6/h1-6,8H;1-5H/t8-;/m0./s1. The van der Waals surface area contributed by atoms with Crippen LogP contribution >= 0.6 is 22.6 Å². The van der Waals surface area contributed by atoms with Crippen LogP contribution in [0.1, 0.15) is 22.0 Å². The zero-order valence-electron chi connectivity index (χ0n) is 12.9. The second kappa shape index (κ2) is 9.70.